The predicted octanol–water partition coefficient (Wildman–Crippen LogP) is 2.16. The highest BCUT2D eigenvalue weighted by molar-refractivity contribution is 5.98. The topological polar surface area (TPSA) is 62.8 Å². The fourth-order valence-corrected chi connectivity index (χ4v) is 3.52. The van der Waals surface area contributed by atoms with Crippen molar-refractivity contribution in [2.75, 3.05) is 0 Å². The molecule has 1 N–H and O–H groups in total. The molecule has 0 amide bonds. The SMILES string of the molecule is Oc1c2ccccc2c2n1CCC/C2=C1\N=c2ccncc2=N1. The third-order valence-electron chi connectivity index (χ3n) is 4.54. The first kappa shape index (κ1) is 12.6. The van der Waals surface area contributed by atoms with E-state index in [0.29, 0.717) is 5.88 Å². The van der Waals surface area contributed by atoms with Gasteiger partial charge in [0.05, 0.1) is 17.2 Å². The van der Waals surface area contributed by atoms with Crippen molar-refractivity contribution >= 4 is 16.3 Å². The lowest BCUT2D eigenvalue weighted by Crippen LogP contribution is -2.20. The number of fused-ring (bicyclic) bond motifs is 4. The lowest BCUT2D eigenvalue weighted by Gasteiger charge is -2.19. The van der Waals surface area contributed by atoms with Gasteiger partial charge in [0, 0.05) is 29.1 Å². The van der Waals surface area contributed by atoms with Crippen LogP contribution < -0.4 is 10.7 Å². The zero-order valence-corrected chi connectivity index (χ0v) is 12.4. The normalized spacial score (nSPS) is 19.1. The molecule has 0 fully saturated rings. The quantitative estimate of drug-likeness (QED) is 0.691. The molecular weight excluding hydrogens is 288 g/mol. The summed E-state index contributed by atoms with van der Waals surface area (Å²) in [5.74, 6) is 1.09. The van der Waals surface area contributed by atoms with Crippen LogP contribution in [0, 0.1) is 0 Å². The predicted molar refractivity (Wildman–Crippen MR) is 86.3 cm³/mol. The number of aromatic nitrogens is 2. The Balaban J connectivity index is 1.86. The first-order valence-corrected chi connectivity index (χ1v) is 7.74. The molecule has 5 nitrogen and oxygen atoms in total. The average molecular weight is 302 g/mol. The number of pyridine rings is 1. The molecule has 3 aromatic rings. The Morgan fingerprint density at radius 1 is 1.00 bits per heavy atom. The molecule has 0 radical (unpaired) electrons. The van der Waals surface area contributed by atoms with E-state index < -0.39 is 0 Å². The summed E-state index contributed by atoms with van der Waals surface area (Å²) in [6, 6.07) is 9.84. The second-order valence-corrected chi connectivity index (χ2v) is 5.86. The minimum absolute atomic E-state index is 0.338. The van der Waals surface area contributed by atoms with Gasteiger partial charge in [-0.2, -0.15) is 0 Å². The largest absolute Gasteiger partial charge is 0.494 e. The minimum atomic E-state index is 0.338. The third-order valence-corrected chi connectivity index (χ3v) is 4.54. The Hall–Kier alpha value is -2.95. The smallest absolute Gasteiger partial charge is 0.199 e. The lowest BCUT2D eigenvalue weighted by molar-refractivity contribution is 0.413. The molecule has 1 aromatic carbocycles. The lowest BCUT2D eigenvalue weighted by atomic mass is 10.00. The van der Waals surface area contributed by atoms with Crippen LogP contribution in [0.2, 0.25) is 0 Å². The molecule has 4 heterocycles. The Kier molecular flexibility index (Phi) is 2.47. The molecule has 5 heteroatoms. The summed E-state index contributed by atoms with van der Waals surface area (Å²) in [6.07, 6.45) is 5.36. The van der Waals surface area contributed by atoms with Crippen molar-refractivity contribution in [3.63, 3.8) is 0 Å². The minimum Gasteiger partial charge on any atom is -0.494 e. The summed E-state index contributed by atoms with van der Waals surface area (Å²) in [5.41, 5.74) is 2.15. The highest BCUT2D eigenvalue weighted by atomic mass is 16.3. The number of hydrogen-bond donors (Lipinski definition) is 1. The van der Waals surface area contributed by atoms with Gasteiger partial charge in [-0.05, 0) is 25.0 Å². The monoisotopic (exact) mass is 302 g/mol. The fourth-order valence-electron chi connectivity index (χ4n) is 3.52. The average Bonchev–Trinajstić information content (AvgIpc) is 3.15. The standard InChI is InChI=1S/C18H14N4O/c23-18-12-5-2-1-4-11(12)16-13(6-3-9-22(16)18)17-20-14-7-8-19-10-15(14)21-17/h1-2,4-5,7-8,10,23H,3,6,9H2/b17-13-. The van der Waals surface area contributed by atoms with Crippen LogP contribution in [0.3, 0.4) is 0 Å². The van der Waals surface area contributed by atoms with Crippen molar-refractivity contribution in [1.82, 2.24) is 9.55 Å². The Morgan fingerprint density at radius 3 is 2.70 bits per heavy atom. The molecule has 0 bridgehead atoms. The maximum atomic E-state index is 10.5. The molecule has 0 spiro atoms. The van der Waals surface area contributed by atoms with Crippen molar-refractivity contribution < 1.29 is 5.11 Å². The van der Waals surface area contributed by atoms with E-state index in [1.54, 1.807) is 12.4 Å². The molecule has 2 aliphatic heterocycles. The molecule has 2 aromatic heterocycles. The van der Waals surface area contributed by atoms with Crippen LogP contribution in [0.5, 0.6) is 5.88 Å². The molecule has 0 aliphatic carbocycles. The fraction of sp³-hybridized carbons (Fsp3) is 0.167. The molecule has 112 valence electrons. The molecule has 5 rings (SSSR count). The van der Waals surface area contributed by atoms with Crippen LogP contribution in [-0.2, 0) is 6.54 Å². The molecule has 0 atom stereocenters. The van der Waals surface area contributed by atoms with Gasteiger partial charge in [0.1, 0.15) is 5.36 Å². The maximum Gasteiger partial charge on any atom is 0.199 e. The Bertz CT molecular complexity index is 1070. The van der Waals surface area contributed by atoms with E-state index in [1.165, 1.54) is 0 Å². The van der Waals surface area contributed by atoms with Gasteiger partial charge in [-0.15, -0.1) is 0 Å². The van der Waals surface area contributed by atoms with Crippen molar-refractivity contribution in [2.24, 2.45) is 9.98 Å². The second-order valence-electron chi connectivity index (χ2n) is 5.86. The number of nitrogens with zero attached hydrogens (tertiary/aromatic N) is 4. The van der Waals surface area contributed by atoms with E-state index in [2.05, 4.69) is 21.0 Å². The third kappa shape index (κ3) is 1.70. The second kappa shape index (κ2) is 4.52. The van der Waals surface area contributed by atoms with Gasteiger partial charge >= 0.3 is 0 Å². The van der Waals surface area contributed by atoms with Crippen LogP contribution in [-0.4, -0.2) is 14.7 Å². The van der Waals surface area contributed by atoms with Gasteiger partial charge in [-0.25, -0.2) is 9.98 Å². The van der Waals surface area contributed by atoms with E-state index in [4.69, 9.17) is 0 Å². The molecule has 0 saturated carbocycles. The zero-order chi connectivity index (χ0) is 15.4. The van der Waals surface area contributed by atoms with Gasteiger partial charge in [0.2, 0.25) is 0 Å². The Labute approximate surface area is 132 Å². The van der Waals surface area contributed by atoms with Crippen LogP contribution in [0.1, 0.15) is 18.5 Å². The summed E-state index contributed by atoms with van der Waals surface area (Å²) in [6.45, 7) is 0.821. The number of benzene rings is 1. The highest BCUT2D eigenvalue weighted by Crippen LogP contribution is 2.41. The zero-order valence-electron chi connectivity index (χ0n) is 12.4. The first-order chi connectivity index (χ1) is 11.3. The number of hydrogen-bond acceptors (Lipinski definition) is 4. The van der Waals surface area contributed by atoms with E-state index in [1.807, 2.05) is 28.8 Å². The molecular formula is C18H14N4O. The molecule has 23 heavy (non-hydrogen) atoms. The summed E-state index contributed by atoms with van der Waals surface area (Å²) < 4.78 is 1.99. The van der Waals surface area contributed by atoms with Crippen molar-refractivity contribution in [2.45, 2.75) is 19.4 Å². The van der Waals surface area contributed by atoms with Crippen LogP contribution >= 0.6 is 0 Å². The van der Waals surface area contributed by atoms with E-state index in [9.17, 15) is 5.11 Å². The van der Waals surface area contributed by atoms with Gasteiger partial charge in [0.15, 0.2) is 11.7 Å². The van der Waals surface area contributed by atoms with Crippen molar-refractivity contribution in [1.29, 1.82) is 0 Å². The first-order valence-electron chi connectivity index (χ1n) is 7.74. The summed E-state index contributed by atoms with van der Waals surface area (Å²) in [5, 5.41) is 14.2. The van der Waals surface area contributed by atoms with Gasteiger partial charge in [-0.1, -0.05) is 18.2 Å². The van der Waals surface area contributed by atoms with E-state index in [-0.39, 0.29) is 0 Å². The highest BCUT2D eigenvalue weighted by Gasteiger charge is 2.25. The summed E-state index contributed by atoms with van der Waals surface area (Å²) in [7, 11) is 0. The number of aromatic hydroxyl groups is 1. The summed E-state index contributed by atoms with van der Waals surface area (Å²) >= 11 is 0. The van der Waals surface area contributed by atoms with Crippen LogP contribution in [0.25, 0.3) is 16.3 Å². The number of allylic oxidation sites excluding steroid dienone is 1. The van der Waals surface area contributed by atoms with Crippen LogP contribution in [0.4, 0.5) is 0 Å². The molecule has 2 aliphatic rings. The van der Waals surface area contributed by atoms with Crippen molar-refractivity contribution in [3.8, 4) is 5.88 Å². The molecule has 0 unspecified atom stereocenters. The van der Waals surface area contributed by atoms with Crippen LogP contribution in [0.15, 0.2) is 58.5 Å². The number of rotatable bonds is 0. The Morgan fingerprint density at radius 2 is 1.83 bits per heavy atom. The maximum absolute atomic E-state index is 10.5. The van der Waals surface area contributed by atoms with E-state index in [0.717, 1.165) is 58.0 Å². The molecule has 0 saturated heterocycles. The van der Waals surface area contributed by atoms with Gasteiger partial charge < -0.3 is 9.67 Å². The van der Waals surface area contributed by atoms with Gasteiger partial charge in [0.25, 0.3) is 0 Å². The van der Waals surface area contributed by atoms with Crippen molar-refractivity contribution in [3.05, 3.63) is 65.0 Å². The van der Waals surface area contributed by atoms with E-state index >= 15 is 0 Å². The summed E-state index contributed by atoms with van der Waals surface area (Å²) in [4.78, 5) is 13.4. The van der Waals surface area contributed by atoms with Gasteiger partial charge in [-0.3, -0.25) is 4.98 Å².